The van der Waals surface area contributed by atoms with E-state index in [4.69, 9.17) is 4.74 Å². The van der Waals surface area contributed by atoms with E-state index in [9.17, 15) is 9.59 Å². The predicted octanol–water partition coefficient (Wildman–Crippen LogP) is 4.88. The van der Waals surface area contributed by atoms with E-state index in [2.05, 4.69) is 19.2 Å². The van der Waals surface area contributed by atoms with Crippen LogP contribution in [0.2, 0.25) is 0 Å². The zero-order chi connectivity index (χ0) is 24.5. The molecule has 0 radical (unpaired) electrons. The zero-order valence-electron chi connectivity index (χ0n) is 20.5. The summed E-state index contributed by atoms with van der Waals surface area (Å²) in [6, 6.07) is 24.9. The van der Waals surface area contributed by atoms with Crippen LogP contribution in [0, 0.1) is 6.92 Å². The molecule has 0 aliphatic rings. The summed E-state index contributed by atoms with van der Waals surface area (Å²) < 4.78 is 5.99. The second-order valence-electron chi connectivity index (χ2n) is 8.81. The third kappa shape index (κ3) is 6.70. The molecule has 34 heavy (non-hydrogen) atoms. The number of carbonyl (C=O) groups excluding carboxylic acids is 2. The normalized spacial score (nSPS) is 11.7. The summed E-state index contributed by atoms with van der Waals surface area (Å²) in [4.78, 5) is 28.2. The molecular weight excluding hydrogens is 424 g/mol. The fraction of sp³-hybridized carbons (Fsp3) is 0.310. The van der Waals surface area contributed by atoms with Crippen LogP contribution in [0.5, 0.6) is 5.75 Å². The standard InChI is InChI=1S/C29H34N2O3/c1-21(2)25-12-8-9-13-27(25)34-20-28(32)31(19-24-16-14-22(3)15-17-24)26(29(33)30-4)18-23-10-6-5-7-11-23/h5-17,21,26H,18-20H2,1-4H3,(H,30,33)/t26-/m1/s1. The largest absolute Gasteiger partial charge is 0.483 e. The van der Waals surface area contributed by atoms with Crippen molar-refractivity contribution in [3.8, 4) is 5.75 Å². The lowest BCUT2D eigenvalue weighted by Crippen LogP contribution is -2.51. The Hall–Kier alpha value is -3.60. The van der Waals surface area contributed by atoms with Crippen LogP contribution in [0.4, 0.5) is 0 Å². The Labute approximate surface area is 202 Å². The van der Waals surface area contributed by atoms with Crippen molar-refractivity contribution in [2.75, 3.05) is 13.7 Å². The molecule has 0 aromatic heterocycles. The molecule has 0 saturated carbocycles. The van der Waals surface area contributed by atoms with Crippen LogP contribution in [-0.2, 0) is 22.6 Å². The lowest BCUT2D eigenvalue weighted by atomic mass is 10.0. The van der Waals surface area contributed by atoms with Crippen LogP contribution < -0.4 is 10.1 Å². The van der Waals surface area contributed by atoms with Crippen molar-refractivity contribution in [3.05, 3.63) is 101 Å². The van der Waals surface area contributed by atoms with Gasteiger partial charge in [0.15, 0.2) is 6.61 Å². The minimum absolute atomic E-state index is 0.141. The van der Waals surface area contributed by atoms with E-state index in [0.29, 0.717) is 18.7 Å². The van der Waals surface area contributed by atoms with Crippen molar-refractivity contribution in [1.82, 2.24) is 10.2 Å². The Bertz CT molecular complexity index is 1080. The Balaban J connectivity index is 1.88. The fourth-order valence-electron chi connectivity index (χ4n) is 3.92. The summed E-state index contributed by atoms with van der Waals surface area (Å²) in [6.07, 6.45) is 0.417. The number of amides is 2. The average molecular weight is 459 g/mol. The number of ether oxygens (including phenoxy) is 1. The molecule has 3 aromatic rings. The molecule has 0 bridgehead atoms. The number of para-hydroxylation sites is 1. The van der Waals surface area contributed by atoms with Crippen molar-refractivity contribution in [2.24, 2.45) is 0 Å². The average Bonchev–Trinajstić information content (AvgIpc) is 2.86. The molecule has 0 fully saturated rings. The molecule has 0 saturated heterocycles. The smallest absolute Gasteiger partial charge is 0.261 e. The molecule has 1 atom stereocenters. The molecular formula is C29H34N2O3. The van der Waals surface area contributed by atoms with Gasteiger partial charge in [0.1, 0.15) is 11.8 Å². The van der Waals surface area contributed by atoms with E-state index >= 15 is 0 Å². The molecule has 0 aliphatic heterocycles. The third-order valence-corrected chi connectivity index (χ3v) is 5.88. The minimum atomic E-state index is -0.662. The van der Waals surface area contributed by atoms with E-state index in [0.717, 1.165) is 22.3 Å². The second-order valence-corrected chi connectivity index (χ2v) is 8.81. The third-order valence-electron chi connectivity index (χ3n) is 5.88. The van der Waals surface area contributed by atoms with Crippen LogP contribution in [0.25, 0.3) is 0 Å². The first-order valence-corrected chi connectivity index (χ1v) is 11.7. The molecule has 5 heteroatoms. The van der Waals surface area contributed by atoms with Gasteiger partial charge in [-0.3, -0.25) is 9.59 Å². The van der Waals surface area contributed by atoms with Gasteiger partial charge in [-0.1, -0.05) is 92.2 Å². The van der Waals surface area contributed by atoms with Gasteiger partial charge < -0.3 is 15.0 Å². The van der Waals surface area contributed by atoms with Gasteiger partial charge >= 0.3 is 0 Å². The molecule has 3 rings (SSSR count). The highest BCUT2D eigenvalue weighted by atomic mass is 16.5. The molecule has 1 N–H and O–H groups in total. The van der Waals surface area contributed by atoms with E-state index in [1.54, 1.807) is 11.9 Å². The maximum atomic E-state index is 13.5. The second kappa shape index (κ2) is 12.0. The molecule has 0 aliphatic carbocycles. The quantitative estimate of drug-likeness (QED) is 0.471. The highest BCUT2D eigenvalue weighted by Gasteiger charge is 2.30. The SMILES string of the molecule is CNC(=O)[C@@H](Cc1ccccc1)N(Cc1ccc(C)cc1)C(=O)COc1ccccc1C(C)C. The van der Waals surface area contributed by atoms with Crippen molar-refractivity contribution in [3.63, 3.8) is 0 Å². The number of benzene rings is 3. The number of aryl methyl sites for hydroxylation is 1. The number of rotatable bonds is 10. The number of hydrogen-bond donors (Lipinski definition) is 1. The summed E-state index contributed by atoms with van der Waals surface area (Å²) in [5, 5.41) is 2.74. The molecule has 0 heterocycles. The van der Waals surface area contributed by atoms with Gasteiger partial charge in [0.2, 0.25) is 5.91 Å². The summed E-state index contributed by atoms with van der Waals surface area (Å²) in [7, 11) is 1.60. The van der Waals surface area contributed by atoms with Crippen LogP contribution >= 0.6 is 0 Å². The maximum Gasteiger partial charge on any atom is 0.261 e. The molecule has 0 unspecified atom stereocenters. The van der Waals surface area contributed by atoms with E-state index in [1.165, 1.54) is 0 Å². The summed E-state index contributed by atoms with van der Waals surface area (Å²) in [5.74, 6) is 0.530. The van der Waals surface area contributed by atoms with Gasteiger partial charge in [0, 0.05) is 20.0 Å². The lowest BCUT2D eigenvalue weighted by Gasteiger charge is -2.31. The van der Waals surface area contributed by atoms with Crippen LogP contribution in [0.15, 0.2) is 78.9 Å². The highest BCUT2D eigenvalue weighted by molar-refractivity contribution is 5.88. The topological polar surface area (TPSA) is 58.6 Å². The Morgan fingerprint density at radius 1 is 0.882 bits per heavy atom. The summed E-state index contributed by atoms with van der Waals surface area (Å²) in [5.41, 5.74) is 4.14. The molecule has 178 valence electrons. The van der Waals surface area contributed by atoms with Crippen molar-refractivity contribution in [1.29, 1.82) is 0 Å². The lowest BCUT2D eigenvalue weighted by molar-refractivity contribution is -0.142. The van der Waals surface area contributed by atoms with Gasteiger partial charge in [-0.2, -0.15) is 0 Å². The summed E-state index contributed by atoms with van der Waals surface area (Å²) >= 11 is 0. The molecule has 0 spiro atoms. The summed E-state index contributed by atoms with van der Waals surface area (Å²) in [6.45, 7) is 6.39. The number of likely N-dealkylation sites (N-methyl/N-ethyl adjacent to an activating group) is 1. The van der Waals surface area contributed by atoms with E-state index in [1.807, 2.05) is 85.8 Å². The van der Waals surface area contributed by atoms with Crippen LogP contribution in [0.1, 0.15) is 42.0 Å². The van der Waals surface area contributed by atoms with Gasteiger partial charge in [-0.15, -0.1) is 0 Å². The highest BCUT2D eigenvalue weighted by Crippen LogP contribution is 2.26. The maximum absolute atomic E-state index is 13.5. The van der Waals surface area contributed by atoms with Crippen molar-refractivity contribution in [2.45, 2.75) is 45.7 Å². The van der Waals surface area contributed by atoms with Gasteiger partial charge in [0.05, 0.1) is 0 Å². The van der Waals surface area contributed by atoms with Gasteiger partial charge in [-0.25, -0.2) is 0 Å². The van der Waals surface area contributed by atoms with Gasteiger partial charge in [-0.05, 0) is 35.6 Å². The minimum Gasteiger partial charge on any atom is -0.483 e. The van der Waals surface area contributed by atoms with E-state index in [-0.39, 0.29) is 24.3 Å². The Morgan fingerprint density at radius 2 is 1.53 bits per heavy atom. The van der Waals surface area contributed by atoms with Crippen LogP contribution in [-0.4, -0.2) is 36.4 Å². The zero-order valence-corrected chi connectivity index (χ0v) is 20.5. The fourth-order valence-corrected chi connectivity index (χ4v) is 3.92. The van der Waals surface area contributed by atoms with Gasteiger partial charge in [0.25, 0.3) is 5.91 Å². The monoisotopic (exact) mass is 458 g/mol. The first-order chi connectivity index (χ1) is 16.4. The number of nitrogens with zero attached hydrogens (tertiary/aromatic N) is 1. The molecule has 5 nitrogen and oxygen atoms in total. The van der Waals surface area contributed by atoms with Crippen molar-refractivity contribution < 1.29 is 14.3 Å². The number of nitrogens with one attached hydrogen (secondary N) is 1. The number of carbonyl (C=O) groups is 2. The molecule has 2 amide bonds. The van der Waals surface area contributed by atoms with E-state index < -0.39 is 6.04 Å². The van der Waals surface area contributed by atoms with Crippen LogP contribution in [0.3, 0.4) is 0 Å². The predicted molar refractivity (Wildman–Crippen MR) is 136 cm³/mol. The van der Waals surface area contributed by atoms with Crippen molar-refractivity contribution >= 4 is 11.8 Å². The first kappa shape index (κ1) is 25.0. The first-order valence-electron chi connectivity index (χ1n) is 11.7. The molecule has 3 aromatic carbocycles. The number of hydrogen-bond acceptors (Lipinski definition) is 3. The Morgan fingerprint density at radius 3 is 2.18 bits per heavy atom. The Kier molecular flexibility index (Phi) is 8.86.